The molecule has 2 N–H and O–H groups in total. The van der Waals surface area contributed by atoms with Crippen LogP contribution in [0.5, 0.6) is 0 Å². The van der Waals surface area contributed by atoms with Crippen LogP contribution in [0.4, 0.5) is 23.4 Å². The van der Waals surface area contributed by atoms with Crippen LogP contribution >= 0.6 is 11.6 Å². The van der Waals surface area contributed by atoms with Crippen LogP contribution in [0, 0.1) is 11.7 Å². The smallest absolute Gasteiger partial charge is 0.364 e. The zero-order chi connectivity index (χ0) is 26.7. The van der Waals surface area contributed by atoms with Gasteiger partial charge in [0, 0.05) is 29.6 Å². The molecule has 1 aromatic heterocycles. The van der Waals surface area contributed by atoms with E-state index in [0.29, 0.717) is 28.4 Å². The first-order valence-corrected chi connectivity index (χ1v) is 11.8. The van der Waals surface area contributed by atoms with E-state index in [1.165, 1.54) is 22.9 Å². The summed E-state index contributed by atoms with van der Waals surface area (Å²) in [4.78, 5) is 24.2. The topological polar surface area (TPSA) is 85.2 Å². The summed E-state index contributed by atoms with van der Waals surface area (Å²) < 4.78 is 59.4. The van der Waals surface area contributed by atoms with Crippen molar-refractivity contribution < 1.29 is 31.9 Å². The first-order valence-electron chi connectivity index (χ1n) is 11.4. The van der Waals surface area contributed by atoms with Crippen LogP contribution in [0.3, 0.4) is 0 Å². The van der Waals surface area contributed by atoms with Gasteiger partial charge in [0.05, 0.1) is 23.9 Å². The fraction of sp³-hybridized carbons (Fsp3) is 0.320. The summed E-state index contributed by atoms with van der Waals surface area (Å²) >= 11 is 6.00. The number of halogens is 5. The molecule has 0 spiro atoms. The first-order chi connectivity index (χ1) is 17.5. The maximum Gasteiger partial charge on any atom is 0.414 e. The standard InChI is InChI=1S/C25H23ClF4N4O3/c1-14(25(28,29)30)37-13-15-8-17(10-19(27)9-15)21-11-22(32-24(36)16-2-7-23(35)31-12-16)33-34(21)20-5-3-18(26)4-6-20/h3-6,8-11,14,16H,2,7,12-13H2,1H3,(H,31,35)(H,32,33,36)/t14-,16?/m1/s1. The summed E-state index contributed by atoms with van der Waals surface area (Å²) in [7, 11) is 0. The van der Waals surface area contributed by atoms with Gasteiger partial charge in [-0.25, -0.2) is 9.07 Å². The van der Waals surface area contributed by atoms with Crippen molar-refractivity contribution in [1.82, 2.24) is 15.1 Å². The second kappa shape index (κ2) is 10.9. The molecule has 0 radical (unpaired) electrons. The number of carbonyl (C=O) groups is 2. The molecule has 2 atom stereocenters. The number of nitrogens with zero attached hydrogens (tertiary/aromatic N) is 2. The summed E-state index contributed by atoms with van der Waals surface area (Å²) in [5.74, 6) is -1.38. The minimum Gasteiger partial charge on any atom is -0.364 e. The summed E-state index contributed by atoms with van der Waals surface area (Å²) in [6.07, 6.45) is -5.93. The maximum atomic E-state index is 14.5. The third kappa shape index (κ3) is 6.66. The van der Waals surface area contributed by atoms with E-state index in [-0.39, 0.29) is 36.2 Å². The molecule has 4 rings (SSSR count). The molecule has 2 amide bonds. The molecule has 2 aromatic carbocycles. The molecule has 1 saturated heterocycles. The van der Waals surface area contributed by atoms with E-state index in [0.717, 1.165) is 13.0 Å². The molecule has 1 unspecified atom stereocenters. The number of alkyl halides is 3. The zero-order valence-corrected chi connectivity index (χ0v) is 20.4. The number of ether oxygens (including phenoxy) is 1. The van der Waals surface area contributed by atoms with Gasteiger partial charge >= 0.3 is 6.18 Å². The van der Waals surface area contributed by atoms with Crippen LogP contribution in [0.25, 0.3) is 16.9 Å². The second-order valence-corrected chi connectivity index (χ2v) is 9.11. The fourth-order valence-corrected chi connectivity index (χ4v) is 3.94. The van der Waals surface area contributed by atoms with Gasteiger partial charge < -0.3 is 15.4 Å². The number of hydrogen-bond acceptors (Lipinski definition) is 4. The third-order valence-corrected chi connectivity index (χ3v) is 6.13. The van der Waals surface area contributed by atoms with Crippen LogP contribution in [0.1, 0.15) is 25.3 Å². The Morgan fingerprint density at radius 3 is 2.62 bits per heavy atom. The van der Waals surface area contributed by atoms with Crippen LogP contribution in [-0.4, -0.2) is 40.4 Å². The maximum absolute atomic E-state index is 14.5. The van der Waals surface area contributed by atoms with Crippen molar-refractivity contribution in [2.45, 2.75) is 38.7 Å². The van der Waals surface area contributed by atoms with Gasteiger partial charge in [0.1, 0.15) is 5.82 Å². The summed E-state index contributed by atoms with van der Waals surface area (Å²) in [5, 5.41) is 10.3. The molecule has 0 saturated carbocycles. The average molecular weight is 539 g/mol. The Hall–Kier alpha value is -3.44. The lowest BCUT2D eigenvalue weighted by molar-refractivity contribution is -0.217. The Labute approximate surface area is 214 Å². The van der Waals surface area contributed by atoms with E-state index in [1.54, 1.807) is 24.3 Å². The number of nitrogens with one attached hydrogen (secondary N) is 2. The SMILES string of the molecule is C[C@@H](OCc1cc(F)cc(-c2cc(NC(=O)C3CCC(=O)NC3)nn2-c2ccc(Cl)cc2)c1)C(F)(F)F. The predicted octanol–water partition coefficient (Wildman–Crippen LogP) is 5.26. The van der Waals surface area contributed by atoms with Gasteiger partial charge in [-0.05, 0) is 61.4 Å². The molecule has 0 aliphatic carbocycles. The Kier molecular flexibility index (Phi) is 7.84. The number of amides is 2. The molecular formula is C25H23ClF4N4O3. The molecule has 1 aliphatic heterocycles. The van der Waals surface area contributed by atoms with Crippen molar-refractivity contribution in [1.29, 1.82) is 0 Å². The van der Waals surface area contributed by atoms with Crippen LogP contribution in [0.15, 0.2) is 48.5 Å². The van der Waals surface area contributed by atoms with Gasteiger partial charge in [0.25, 0.3) is 0 Å². The highest BCUT2D eigenvalue weighted by molar-refractivity contribution is 6.30. The van der Waals surface area contributed by atoms with E-state index in [9.17, 15) is 27.2 Å². The van der Waals surface area contributed by atoms with Crippen molar-refractivity contribution in [2.75, 3.05) is 11.9 Å². The van der Waals surface area contributed by atoms with Crippen LogP contribution < -0.4 is 10.6 Å². The molecule has 7 nitrogen and oxygen atoms in total. The monoisotopic (exact) mass is 538 g/mol. The van der Waals surface area contributed by atoms with E-state index in [2.05, 4.69) is 15.7 Å². The molecule has 12 heteroatoms. The Morgan fingerprint density at radius 1 is 1.24 bits per heavy atom. The van der Waals surface area contributed by atoms with Crippen LogP contribution in [-0.2, 0) is 20.9 Å². The second-order valence-electron chi connectivity index (χ2n) is 8.67. The van der Waals surface area contributed by atoms with Gasteiger partial charge in [0.15, 0.2) is 11.9 Å². The minimum absolute atomic E-state index is 0.117. The van der Waals surface area contributed by atoms with Gasteiger partial charge in [-0.1, -0.05) is 11.6 Å². The molecule has 2 heterocycles. The fourth-order valence-electron chi connectivity index (χ4n) is 3.81. The third-order valence-electron chi connectivity index (χ3n) is 5.88. The number of carbonyl (C=O) groups excluding carboxylic acids is 2. The summed E-state index contributed by atoms with van der Waals surface area (Å²) in [6, 6.07) is 12.0. The molecule has 196 valence electrons. The predicted molar refractivity (Wildman–Crippen MR) is 129 cm³/mol. The van der Waals surface area contributed by atoms with Crippen LogP contribution in [0.2, 0.25) is 5.02 Å². The van der Waals surface area contributed by atoms with Crippen molar-refractivity contribution in [3.63, 3.8) is 0 Å². The number of anilines is 1. The van der Waals surface area contributed by atoms with Crippen molar-refractivity contribution >= 4 is 29.2 Å². The van der Waals surface area contributed by atoms with Gasteiger partial charge in [-0.2, -0.15) is 13.2 Å². The van der Waals surface area contributed by atoms with Gasteiger partial charge in [-0.3, -0.25) is 9.59 Å². The number of piperidine rings is 1. The van der Waals surface area contributed by atoms with Crippen molar-refractivity contribution in [2.24, 2.45) is 5.92 Å². The number of hydrogen-bond donors (Lipinski definition) is 2. The number of aromatic nitrogens is 2. The molecule has 3 aromatic rings. The Bertz CT molecular complexity index is 1280. The molecule has 1 fully saturated rings. The average Bonchev–Trinajstić information content (AvgIpc) is 3.26. The van der Waals surface area contributed by atoms with Crippen molar-refractivity contribution in [3.05, 3.63) is 64.9 Å². The lowest BCUT2D eigenvalue weighted by Gasteiger charge is -2.20. The minimum atomic E-state index is -4.54. The first kappa shape index (κ1) is 26.6. The van der Waals surface area contributed by atoms with E-state index >= 15 is 0 Å². The normalized spacial score (nSPS) is 16.8. The highest BCUT2D eigenvalue weighted by Crippen LogP contribution is 2.30. The lowest BCUT2D eigenvalue weighted by atomic mass is 9.98. The zero-order valence-electron chi connectivity index (χ0n) is 19.6. The highest BCUT2D eigenvalue weighted by Gasteiger charge is 2.36. The van der Waals surface area contributed by atoms with Gasteiger partial charge in [-0.15, -0.1) is 5.10 Å². The molecule has 0 bridgehead atoms. The summed E-state index contributed by atoms with van der Waals surface area (Å²) in [5.41, 5.74) is 1.43. The largest absolute Gasteiger partial charge is 0.414 e. The van der Waals surface area contributed by atoms with E-state index in [4.69, 9.17) is 16.3 Å². The van der Waals surface area contributed by atoms with E-state index in [1.807, 2.05) is 0 Å². The van der Waals surface area contributed by atoms with Crippen molar-refractivity contribution in [3.8, 4) is 16.9 Å². The number of benzene rings is 2. The lowest BCUT2D eigenvalue weighted by Crippen LogP contribution is -2.40. The molecular weight excluding hydrogens is 516 g/mol. The molecule has 37 heavy (non-hydrogen) atoms. The van der Waals surface area contributed by atoms with E-state index < -0.39 is 30.6 Å². The Morgan fingerprint density at radius 2 is 1.97 bits per heavy atom. The molecule has 1 aliphatic rings. The highest BCUT2D eigenvalue weighted by atomic mass is 35.5. The Balaban J connectivity index is 1.65. The quantitative estimate of drug-likeness (QED) is 0.402. The number of rotatable bonds is 7. The van der Waals surface area contributed by atoms with Gasteiger partial charge in [0.2, 0.25) is 11.8 Å². The summed E-state index contributed by atoms with van der Waals surface area (Å²) in [6.45, 7) is 0.624.